The first kappa shape index (κ1) is 16.4. The highest BCUT2D eigenvalue weighted by Gasteiger charge is 2.31. The molecular formula is C14H23N3O3S. The van der Waals surface area contributed by atoms with Gasteiger partial charge in [0.15, 0.2) is 0 Å². The Hall–Kier alpha value is -1.02. The Labute approximate surface area is 126 Å². The van der Waals surface area contributed by atoms with E-state index < -0.39 is 10.2 Å². The molecule has 1 N–H and O–H groups in total. The second kappa shape index (κ2) is 7.31. The van der Waals surface area contributed by atoms with Gasteiger partial charge in [-0.05, 0) is 42.9 Å². The molecule has 0 aromatic carbocycles. The number of rotatable bonds is 6. The maximum absolute atomic E-state index is 12.5. The van der Waals surface area contributed by atoms with Crippen LogP contribution in [0.5, 0.6) is 0 Å². The lowest BCUT2D eigenvalue weighted by molar-refractivity contribution is 0.161. The molecule has 1 aromatic rings. The number of aliphatic hydroxyl groups is 1. The molecule has 1 aliphatic rings. The van der Waals surface area contributed by atoms with E-state index >= 15 is 0 Å². The quantitative estimate of drug-likeness (QED) is 0.830. The van der Waals surface area contributed by atoms with E-state index in [0.717, 1.165) is 18.4 Å². The lowest BCUT2D eigenvalue weighted by atomic mass is 10.0. The average molecular weight is 313 g/mol. The molecule has 1 atom stereocenters. The third-order valence-electron chi connectivity index (χ3n) is 3.92. The van der Waals surface area contributed by atoms with E-state index in [1.807, 2.05) is 12.1 Å². The Morgan fingerprint density at radius 2 is 2.14 bits per heavy atom. The average Bonchev–Trinajstić information content (AvgIpc) is 2.53. The predicted octanol–water partition coefficient (Wildman–Crippen LogP) is 0.505. The summed E-state index contributed by atoms with van der Waals surface area (Å²) in [4.78, 5) is 3.95. The highest BCUT2D eigenvalue weighted by atomic mass is 32.2. The second-order valence-corrected chi connectivity index (χ2v) is 7.52. The predicted molar refractivity (Wildman–Crippen MR) is 80.9 cm³/mol. The molecule has 0 saturated carbocycles. The Kier molecular flexibility index (Phi) is 5.69. The number of piperidine rings is 1. The van der Waals surface area contributed by atoms with E-state index in [1.54, 1.807) is 19.4 Å². The molecule has 7 heteroatoms. The molecular weight excluding hydrogens is 290 g/mol. The van der Waals surface area contributed by atoms with Gasteiger partial charge in [-0.25, -0.2) is 0 Å². The maximum atomic E-state index is 12.5. The molecule has 1 aliphatic heterocycles. The normalized spacial score (nSPS) is 20.8. The Balaban J connectivity index is 1.95. The molecule has 2 heterocycles. The van der Waals surface area contributed by atoms with Gasteiger partial charge in [-0.2, -0.15) is 17.0 Å². The summed E-state index contributed by atoms with van der Waals surface area (Å²) in [5.41, 5.74) is 1.07. The number of aromatic nitrogens is 1. The Morgan fingerprint density at radius 1 is 1.43 bits per heavy atom. The largest absolute Gasteiger partial charge is 0.396 e. The molecule has 0 radical (unpaired) electrons. The molecule has 118 valence electrons. The van der Waals surface area contributed by atoms with Crippen LogP contribution in [0.1, 0.15) is 18.4 Å². The summed E-state index contributed by atoms with van der Waals surface area (Å²) >= 11 is 0. The molecule has 2 rings (SSSR count). The summed E-state index contributed by atoms with van der Waals surface area (Å²) in [5, 5.41) is 9.22. The van der Waals surface area contributed by atoms with Crippen LogP contribution < -0.4 is 0 Å². The van der Waals surface area contributed by atoms with Crippen molar-refractivity contribution < 1.29 is 13.5 Å². The number of hydrogen-bond donors (Lipinski definition) is 1. The molecule has 6 nitrogen and oxygen atoms in total. The SMILES string of the molecule is CN(CCc1ccncc1)S(=O)(=O)N1CCCC(CO)C1. The van der Waals surface area contributed by atoms with Crippen LogP contribution in [0, 0.1) is 5.92 Å². The van der Waals surface area contributed by atoms with Crippen LogP contribution in [0.2, 0.25) is 0 Å². The fourth-order valence-electron chi connectivity index (χ4n) is 2.53. The van der Waals surface area contributed by atoms with E-state index in [2.05, 4.69) is 4.98 Å². The highest BCUT2D eigenvalue weighted by Crippen LogP contribution is 2.20. The van der Waals surface area contributed by atoms with Gasteiger partial charge in [0.25, 0.3) is 10.2 Å². The summed E-state index contributed by atoms with van der Waals surface area (Å²) in [6.45, 7) is 1.44. The molecule has 0 aliphatic carbocycles. The van der Waals surface area contributed by atoms with Crippen molar-refractivity contribution in [3.8, 4) is 0 Å². The minimum atomic E-state index is -3.44. The van der Waals surface area contributed by atoms with Gasteiger partial charge in [0, 0.05) is 45.7 Å². The van der Waals surface area contributed by atoms with E-state index in [-0.39, 0.29) is 12.5 Å². The topological polar surface area (TPSA) is 73.7 Å². The van der Waals surface area contributed by atoms with Crippen molar-refractivity contribution in [3.05, 3.63) is 30.1 Å². The zero-order chi connectivity index (χ0) is 15.3. The molecule has 0 spiro atoms. The van der Waals surface area contributed by atoms with Gasteiger partial charge in [0.2, 0.25) is 0 Å². The first-order valence-electron chi connectivity index (χ1n) is 7.25. The van der Waals surface area contributed by atoms with Crippen molar-refractivity contribution >= 4 is 10.2 Å². The minimum Gasteiger partial charge on any atom is -0.396 e. The van der Waals surface area contributed by atoms with Crippen LogP contribution in [-0.2, 0) is 16.6 Å². The van der Waals surface area contributed by atoms with E-state index in [1.165, 1.54) is 8.61 Å². The lowest BCUT2D eigenvalue weighted by Gasteiger charge is -2.33. The van der Waals surface area contributed by atoms with Crippen molar-refractivity contribution in [2.75, 3.05) is 33.3 Å². The Bertz CT molecular complexity index is 536. The summed E-state index contributed by atoms with van der Waals surface area (Å²) in [7, 11) is -1.83. The van der Waals surface area contributed by atoms with E-state index in [0.29, 0.717) is 26.1 Å². The zero-order valence-corrected chi connectivity index (χ0v) is 13.2. The summed E-state index contributed by atoms with van der Waals surface area (Å²) in [5.74, 6) is 0.0575. The van der Waals surface area contributed by atoms with Gasteiger partial charge in [0.1, 0.15) is 0 Å². The lowest BCUT2D eigenvalue weighted by Crippen LogP contribution is -2.47. The van der Waals surface area contributed by atoms with Crippen LogP contribution in [-0.4, -0.2) is 60.4 Å². The highest BCUT2D eigenvalue weighted by molar-refractivity contribution is 7.86. The van der Waals surface area contributed by atoms with Gasteiger partial charge < -0.3 is 5.11 Å². The van der Waals surface area contributed by atoms with Crippen LogP contribution in [0.4, 0.5) is 0 Å². The summed E-state index contributed by atoms with van der Waals surface area (Å²) < 4.78 is 27.9. The number of aliphatic hydroxyl groups excluding tert-OH is 1. The summed E-state index contributed by atoms with van der Waals surface area (Å²) in [6.07, 6.45) is 5.78. The third kappa shape index (κ3) is 4.23. The summed E-state index contributed by atoms with van der Waals surface area (Å²) in [6, 6.07) is 3.78. The molecule has 0 amide bonds. The zero-order valence-electron chi connectivity index (χ0n) is 12.4. The third-order valence-corrected chi connectivity index (χ3v) is 5.88. The van der Waals surface area contributed by atoms with Crippen LogP contribution in [0.3, 0.4) is 0 Å². The number of nitrogens with zero attached hydrogens (tertiary/aromatic N) is 3. The van der Waals surface area contributed by atoms with Crippen molar-refractivity contribution in [2.45, 2.75) is 19.3 Å². The van der Waals surface area contributed by atoms with Crippen LogP contribution in [0.15, 0.2) is 24.5 Å². The first-order valence-corrected chi connectivity index (χ1v) is 8.65. The van der Waals surface area contributed by atoms with Crippen molar-refractivity contribution in [2.24, 2.45) is 5.92 Å². The van der Waals surface area contributed by atoms with Crippen molar-refractivity contribution in [3.63, 3.8) is 0 Å². The second-order valence-electron chi connectivity index (χ2n) is 5.48. The van der Waals surface area contributed by atoms with Crippen LogP contribution in [0.25, 0.3) is 0 Å². The number of hydrogen-bond acceptors (Lipinski definition) is 4. The monoisotopic (exact) mass is 313 g/mol. The Morgan fingerprint density at radius 3 is 2.81 bits per heavy atom. The fourth-order valence-corrected chi connectivity index (χ4v) is 4.01. The van der Waals surface area contributed by atoms with E-state index in [9.17, 15) is 13.5 Å². The maximum Gasteiger partial charge on any atom is 0.281 e. The standard InChI is InChI=1S/C14H23N3O3S/c1-16(10-6-13-4-7-15-8-5-13)21(19,20)17-9-2-3-14(11-17)12-18/h4-5,7-8,14,18H,2-3,6,9-12H2,1H3. The van der Waals surface area contributed by atoms with Crippen molar-refractivity contribution in [1.82, 2.24) is 13.6 Å². The molecule has 1 unspecified atom stereocenters. The molecule has 21 heavy (non-hydrogen) atoms. The van der Waals surface area contributed by atoms with Gasteiger partial charge >= 0.3 is 0 Å². The molecule has 1 fully saturated rings. The van der Waals surface area contributed by atoms with E-state index in [4.69, 9.17) is 0 Å². The molecule has 1 saturated heterocycles. The smallest absolute Gasteiger partial charge is 0.281 e. The molecule has 0 bridgehead atoms. The van der Waals surface area contributed by atoms with Gasteiger partial charge in [-0.15, -0.1) is 0 Å². The first-order chi connectivity index (χ1) is 10.0. The number of pyridine rings is 1. The van der Waals surface area contributed by atoms with Crippen molar-refractivity contribution in [1.29, 1.82) is 0 Å². The minimum absolute atomic E-state index is 0.0484. The number of likely N-dealkylation sites (N-methyl/N-ethyl adjacent to an activating group) is 1. The van der Waals surface area contributed by atoms with Gasteiger partial charge in [0.05, 0.1) is 0 Å². The fraction of sp³-hybridized carbons (Fsp3) is 0.643. The van der Waals surface area contributed by atoms with Crippen LogP contribution >= 0.6 is 0 Å². The van der Waals surface area contributed by atoms with Gasteiger partial charge in [-0.3, -0.25) is 4.98 Å². The van der Waals surface area contributed by atoms with Gasteiger partial charge in [-0.1, -0.05) is 0 Å². The molecule has 1 aromatic heterocycles.